The topological polar surface area (TPSA) is 120 Å². The van der Waals surface area contributed by atoms with Crippen molar-refractivity contribution < 1.29 is 18.9 Å². The van der Waals surface area contributed by atoms with Gasteiger partial charge in [0.25, 0.3) is 16.8 Å². The standard InChI is InChI=1S/C24H20N4O5S/c1-32-21-9-7-18(8-10-21)23-26-27-24(33-23)34-15-17-11-19(13-20(12-17)28(30)31)22(29)25-14-16-5-3-2-4-6-16/h2-13H,14-15H2,1H3,(H,25,29). The number of carbonyl (C=O) groups excluding carboxylic acids is 1. The third-order valence-corrected chi connectivity index (χ3v) is 5.74. The molecule has 0 fully saturated rings. The Bertz CT molecular complexity index is 1290. The molecule has 1 N–H and O–H groups in total. The molecule has 0 saturated carbocycles. The molecule has 4 rings (SSSR count). The fraction of sp³-hybridized carbons (Fsp3) is 0.125. The number of hydrogen-bond acceptors (Lipinski definition) is 8. The molecule has 1 amide bonds. The number of thioether (sulfide) groups is 1. The van der Waals surface area contributed by atoms with Crippen LogP contribution in [0.15, 0.2) is 82.4 Å². The average molecular weight is 477 g/mol. The fourth-order valence-corrected chi connectivity index (χ4v) is 3.83. The maximum atomic E-state index is 12.6. The van der Waals surface area contributed by atoms with Crippen LogP contribution in [-0.2, 0) is 12.3 Å². The Morgan fingerprint density at radius 1 is 1.06 bits per heavy atom. The van der Waals surface area contributed by atoms with E-state index in [0.717, 1.165) is 11.1 Å². The number of ether oxygens (including phenoxy) is 1. The summed E-state index contributed by atoms with van der Waals surface area (Å²) in [6.45, 7) is 0.322. The number of hydrogen-bond donors (Lipinski definition) is 1. The zero-order valence-electron chi connectivity index (χ0n) is 18.1. The highest BCUT2D eigenvalue weighted by Crippen LogP contribution is 2.28. The molecule has 4 aromatic rings. The first-order valence-corrected chi connectivity index (χ1v) is 11.2. The van der Waals surface area contributed by atoms with E-state index in [4.69, 9.17) is 9.15 Å². The molecule has 0 atom stereocenters. The Labute approximate surface area is 199 Å². The average Bonchev–Trinajstić information content (AvgIpc) is 3.35. The Morgan fingerprint density at radius 3 is 2.53 bits per heavy atom. The van der Waals surface area contributed by atoms with Gasteiger partial charge < -0.3 is 14.5 Å². The van der Waals surface area contributed by atoms with E-state index in [1.807, 2.05) is 42.5 Å². The first kappa shape index (κ1) is 23.0. The molecule has 0 unspecified atom stereocenters. The molecular weight excluding hydrogens is 456 g/mol. The lowest BCUT2D eigenvalue weighted by Gasteiger charge is -2.07. The van der Waals surface area contributed by atoms with Crippen LogP contribution in [0.2, 0.25) is 0 Å². The van der Waals surface area contributed by atoms with Gasteiger partial charge in [0.15, 0.2) is 0 Å². The van der Waals surface area contributed by atoms with Gasteiger partial charge >= 0.3 is 0 Å². The van der Waals surface area contributed by atoms with E-state index in [-0.39, 0.29) is 11.3 Å². The molecule has 3 aromatic carbocycles. The molecule has 0 radical (unpaired) electrons. The summed E-state index contributed by atoms with van der Waals surface area (Å²) in [4.78, 5) is 23.5. The van der Waals surface area contributed by atoms with E-state index < -0.39 is 10.8 Å². The van der Waals surface area contributed by atoms with Crippen molar-refractivity contribution in [3.8, 4) is 17.2 Å². The number of aromatic nitrogens is 2. The van der Waals surface area contributed by atoms with E-state index in [2.05, 4.69) is 15.5 Å². The molecule has 34 heavy (non-hydrogen) atoms. The molecule has 1 aromatic heterocycles. The summed E-state index contributed by atoms with van der Waals surface area (Å²) < 4.78 is 10.8. The first-order chi connectivity index (χ1) is 16.5. The third kappa shape index (κ3) is 5.78. The van der Waals surface area contributed by atoms with E-state index in [1.54, 1.807) is 25.3 Å². The minimum absolute atomic E-state index is 0.160. The number of nitro benzene ring substituents is 1. The highest BCUT2D eigenvalue weighted by Gasteiger charge is 2.16. The Morgan fingerprint density at radius 2 is 1.82 bits per heavy atom. The quantitative estimate of drug-likeness (QED) is 0.206. The van der Waals surface area contributed by atoms with E-state index >= 15 is 0 Å². The van der Waals surface area contributed by atoms with E-state index in [1.165, 1.54) is 23.9 Å². The summed E-state index contributed by atoms with van der Waals surface area (Å²) in [5.41, 5.74) is 2.32. The maximum Gasteiger partial charge on any atom is 0.277 e. The van der Waals surface area contributed by atoms with Crippen LogP contribution in [-0.4, -0.2) is 28.1 Å². The van der Waals surface area contributed by atoms with Gasteiger partial charge in [-0.2, -0.15) is 0 Å². The number of nitrogens with one attached hydrogen (secondary N) is 1. The van der Waals surface area contributed by atoms with Gasteiger partial charge in [-0.05, 0) is 41.5 Å². The lowest BCUT2D eigenvalue weighted by Crippen LogP contribution is -2.23. The van der Waals surface area contributed by atoms with Crippen LogP contribution in [0.3, 0.4) is 0 Å². The molecule has 0 bridgehead atoms. The molecule has 1 heterocycles. The zero-order valence-corrected chi connectivity index (χ0v) is 19.0. The highest BCUT2D eigenvalue weighted by atomic mass is 32.2. The van der Waals surface area contributed by atoms with E-state index in [0.29, 0.717) is 34.7 Å². The van der Waals surface area contributed by atoms with E-state index in [9.17, 15) is 14.9 Å². The normalized spacial score (nSPS) is 10.6. The van der Waals surface area contributed by atoms with Crippen LogP contribution in [0.1, 0.15) is 21.5 Å². The predicted octanol–water partition coefficient (Wildman–Crippen LogP) is 4.88. The summed E-state index contributed by atoms with van der Waals surface area (Å²) in [6, 6.07) is 20.9. The zero-order chi connectivity index (χ0) is 23.9. The van der Waals surface area contributed by atoms with Gasteiger partial charge in [0.2, 0.25) is 5.89 Å². The van der Waals surface area contributed by atoms with Crippen LogP contribution in [0.5, 0.6) is 5.75 Å². The molecule has 0 aliphatic rings. The SMILES string of the molecule is COc1ccc(-c2nnc(SCc3cc(C(=O)NCc4ccccc4)cc([N+](=O)[O-])c3)o2)cc1. The van der Waals surface area contributed by atoms with Gasteiger partial charge in [-0.25, -0.2) is 0 Å². The second-order valence-electron chi connectivity index (χ2n) is 7.20. The Hall–Kier alpha value is -4.18. The number of nitro groups is 1. The van der Waals surface area contributed by atoms with Crippen molar-refractivity contribution in [3.05, 3.63) is 99.6 Å². The number of nitrogens with zero attached hydrogens (tertiary/aromatic N) is 3. The second-order valence-corrected chi connectivity index (χ2v) is 8.13. The van der Waals surface area contributed by atoms with Crippen molar-refractivity contribution in [2.75, 3.05) is 7.11 Å². The number of benzene rings is 3. The molecule has 0 aliphatic heterocycles. The van der Waals surface area contributed by atoms with Gasteiger partial charge in [0.1, 0.15) is 5.75 Å². The van der Waals surface area contributed by atoms with Crippen molar-refractivity contribution in [1.82, 2.24) is 15.5 Å². The highest BCUT2D eigenvalue weighted by molar-refractivity contribution is 7.98. The maximum absolute atomic E-state index is 12.6. The van der Waals surface area contributed by atoms with Gasteiger partial charge in [0.05, 0.1) is 12.0 Å². The molecule has 0 saturated heterocycles. The summed E-state index contributed by atoms with van der Waals surface area (Å²) >= 11 is 1.23. The molecule has 9 nitrogen and oxygen atoms in total. The van der Waals surface area contributed by atoms with Crippen LogP contribution in [0, 0.1) is 10.1 Å². The number of amides is 1. The third-order valence-electron chi connectivity index (χ3n) is 4.85. The van der Waals surface area contributed by atoms with Gasteiger partial charge in [-0.15, -0.1) is 10.2 Å². The Balaban J connectivity index is 1.45. The smallest absolute Gasteiger partial charge is 0.277 e. The minimum Gasteiger partial charge on any atom is -0.497 e. The Kier molecular flexibility index (Phi) is 7.19. The van der Waals surface area contributed by atoms with Crippen LogP contribution in [0.25, 0.3) is 11.5 Å². The lowest BCUT2D eigenvalue weighted by molar-refractivity contribution is -0.384. The largest absolute Gasteiger partial charge is 0.497 e. The van der Waals surface area contributed by atoms with Gasteiger partial charge in [-0.1, -0.05) is 42.1 Å². The number of carbonyl (C=O) groups is 1. The minimum atomic E-state index is -0.517. The van der Waals surface area contributed by atoms with Crippen molar-refractivity contribution in [2.24, 2.45) is 0 Å². The molecule has 0 aliphatic carbocycles. The molecule has 0 spiro atoms. The summed E-state index contributed by atoms with van der Waals surface area (Å²) in [5, 5.41) is 22.6. The molecule has 172 valence electrons. The lowest BCUT2D eigenvalue weighted by atomic mass is 10.1. The van der Waals surface area contributed by atoms with Crippen molar-refractivity contribution in [1.29, 1.82) is 0 Å². The second kappa shape index (κ2) is 10.6. The number of methoxy groups -OCH3 is 1. The van der Waals surface area contributed by atoms with Crippen molar-refractivity contribution in [3.63, 3.8) is 0 Å². The molecular formula is C24H20N4O5S. The number of non-ortho nitro benzene ring substituents is 1. The van der Waals surface area contributed by atoms with Crippen LogP contribution in [0.4, 0.5) is 5.69 Å². The first-order valence-electron chi connectivity index (χ1n) is 10.2. The van der Waals surface area contributed by atoms with Crippen LogP contribution >= 0.6 is 11.8 Å². The number of rotatable bonds is 9. The van der Waals surface area contributed by atoms with Crippen molar-refractivity contribution >= 4 is 23.4 Å². The summed E-state index contributed by atoms with van der Waals surface area (Å²) in [5.74, 6) is 0.987. The summed E-state index contributed by atoms with van der Waals surface area (Å²) in [6.07, 6.45) is 0. The monoisotopic (exact) mass is 476 g/mol. The summed E-state index contributed by atoms with van der Waals surface area (Å²) in [7, 11) is 1.59. The fourth-order valence-electron chi connectivity index (χ4n) is 3.14. The predicted molar refractivity (Wildman–Crippen MR) is 127 cm³/mol. The van der Waals surface area contributed by atoms with Crippen LogP contribution < -0.4 is 10.1 Å². The van der Waals surface area contributed by atoms with Crippen molar-refractivity contribution in [2.45, 2.75) is 17.5 Å². The van der Waals surface area contributed by atoms with Gasteiger partial charge in [-0.3, -0.25) is 14.9 Å². The molecule has 10 heteroatoms. The van der Waals surface area contributed by atoms with Gasteiger partial charge in [0, 0.05) is 35.6 Å².